The van der Waals surface area contributed by atoms with Crippen LogP contribution in [0.1, 0.15) is 5.69 Å². The third-order valence-electron chi connectivity index (χ3n) is 1.71. The highest BCUT2D eigenvalue weighted by atomic mass is 127. The van der Waals surface area contributed by atoms with E-state index in [1.807, 2.05) is 37.4 Å². The third-order valence-corrected chi connectivity index (χ3v) is 2.62. The van der Waals surface area contributed by atoms with Crippen molar-refractivity contribution in [3.63, 3.8) is 0 Å². The number of rotatable bonds is 1. The van der Waals surface area contributed by atoms with E-state index < -0.39 is 0 Å². The number of hydrogen-bond acceptors (Lipinski definition) is 2. The summed E-state index contributed by atoms with van der Waals surface area (Å²) in [6.07, 6.45) is 1.91. The largest absolute Gasteiger partial charge is 0.219 e. The van der Waals surface area contributed by atoms with E-state index >= 15 is 0 Å². The van der Waals surface area contributed by atoms with Crippen molar-refractivity contribution in [2.45, 2.75) is 6.92 Å². The number of hydrogen-bond donors (Lipinski definition) is 0. The van der Waals surface area contributed by atoms with Crippen molar-refractivity contribution in [3.8, 4) is 5.69 Å². The summed E-state index contributed by atoms with van der Waals surface area (Å²) in [5.41, 5.74) is 2.00. The summed E-state index contributed by atoms with van der Waals surface area (Å²) >= 11 is 2.28. The van der Waals surface area contributed by atoms with Gasteiger partial charge in [0.2, 0.25) is 0 Å². The number of para-hydroxylation sites is 1. The van der Waals surface area contributed by atoms with E-state index in [1.165, 1.54) is 3.57 Å². The number of aromatic nitrogens is 3. The average molecular weight is 285 g/mol. The van der Waals surface area contributed by atoms with Gasteiger partial charge < -0.3 is 0 Å². The van der Waals surface area contributed by atoms with Crippen molar-refractivity contribution >= 4 is 22.6 Å². The lowest BCUT2D eigenvalue weighted by molar-refractivity contribution is 0.798. The Kier molecular flexibility index (Phi) is 2.30. The first-order valence-corrected chi connectivity index (χ1v) is 4.99. The first-order chi connectivity index (χ1) is 6.27. The molecule has 0 aliphatic rings. The van der Waals surface area contributed by atoms with E-state index in [4.69, 9.17) is 0 Å². The predicted molar refractivity (Wildman–Crippen MR) is 58.8 cm³/mol. The third kappa shape index (κ3) is 1.72. The number of nitrogens with zero attached hydrogens (tertiary/aromatic N) is 3. The Hall–Kier alpha value is -0.910. The van der Waals surface area contributed by atoms with Gasteiger partial charge in [-0.1, -0.05) is 17.3 Å². The lowest BCUT2D eigenvalue weighted by Crippen LogP contribution is -1.96. The summed E-state index contributed by atoms with van der Waals surface area (Å²) in [5.74, 6) is 0. The number of benzene rings is 1. The molecule has 4 heteroatoms. The summed E-state index contributed by atoms with van der Waals surface area (Å²) < 4.78 is 2.96. The molecule has 1 aromatic heterocycles. The quantitative estimate of drug-likeness (QED) is 0.752. The molecule has 66 valence electrons. The van der Waals surface area contributed by atoms with Gasteiger partial charge in [-0.15, -0.1) is 5.10 Å². The average Bonchev–Trinajstić information content (AvgIpc) is 2.53. The van der Waals surface area contributed by atoms with Crippen LogP contribution in [-0.2, 0) is 0 Å². The molecule has 3 nitrogen and oxygen atoms in total. The molecule has 0 aliphatic heterocycles. The van der Waals surface area contributed by atoms with E-state index in [2.05, 4.69) is 32.9 Å². The molecule has 0 unspecified atom stereocenters. The Morgan fingerprint density at radius 1 is 1.31 bits per heavy atom. The van der Waals surface area contributed by atoms with Crippen LogP contribution in [0, 0.1) is 10.5 Å². The predicted octanol–water partition coefficient (Wildman–Crippen LogP) is 2.18. The maximum absolute atomic E-state index is 4.01. The van der Waals surface area contributed by atoms with Crippen molar-refractivity contribution < 1.29 is 0 Å². The van der Waals surface area contributed by atoms with E-state index in [9.17, 15) is 0 Å². The fraction of sp³-hybridized carbons (Fsp3) is 0.111. The van der Waals surface area contributed by atoms with Crippen molar-refractivity contribution in [1.29, 1.82) is 0 Å². The van der Waals surface area contributed by atoms with Gasteiger partial charge in [-0.25, -0.2) is 4.68 Å². The fourth-order valence-corrected chi connectivity index (χ4v) is 1.74. The van der Waals surface area contributed by atoms with Crippen molar-refractivity contribution in [1.82, 2.24) is 15.0 Å². The van der Waals surface area contributed by atoms with Gasteiger partial charge in [-0.2, -0.15) is 0 Å². The van der Waals surface area contributed by atoms with Gasteiger partial charge in [0.15, 0.2) is 0 Å². The smallest absolute Gasteiger partial charge is 0.0800 e. The lowest BCUT2D eigenvalue weighted by Gasteiger charge is -2.01. The van der Waals surface area contributed by atoms with Crippen molar-refractivity contribution in [3.05, 3.63) is 39.7 Å². The van der Waals surface area contributed by atoms with E-state index in [0.29, 0.717) is 0 Å². The monoisotopic (exact) mass is 285 g/mol. The zero-order chi connectivity index (χ0) is 9.26. The molecule has 0 bridgehead atoms. The zero-order valence-corrected chi connectivity index (χ0v) is 9.26. The standard InChI is InChI=1S/C9H8IN3/c1-7-6-13(12-11-7)9-5-3-2-4-8(9)10/h2-6H,1H3. The first-order valence-electron chi connectivity index (χ1n) is 3.91. The molecule has 0 spiro atoms. The molecule has 2 rings (SSSR count). The zero-order valence-electron chi connectivity index (χ0n) is 7.11. The number of halogens is 1. The maximum atomic E-state index is 4.01. The second kappa shape index (κ2) is 3.45. The van der Waals surface area contributed by atoms with Crippen LogP contribution < -0.4 is 0 Å². The van der Waals surface area contributed by atoms with Gasteiger partial charge in [0.05, 0.1) is 17.6 Å². The molecule has 0 aliphatic carbocycles. The second-order valence-electron chi connectivity index (χ2n) is 2.76. The fourth-order valence-electron chi connectivity index (χ4n) is 1.10. The summed E-state index contributed by atoms with van der Waals surface area (Å²) in [6.45, 7) is 1.93. The summed E-state index contributed by atoms with van der Waals surface area (Å²) in [4.78, 5) is 0. The Bertz CT molecular complexity index is 422. The van der Waals surface area contributed by atoms with Crippen LogP contribution in [0.3, 0.4) is 0 Å². The van der Waals surface area contributed by atoms with E-state index in [0.717, 1.165) is 11.4 Å². The van der Waals surface area contributed by atoms with Crippen LogP contribution in [0.5, 0.6) is 0 Å². The van der Waals surface area contributed by atoms with Gasteiger partial charge in [0.25, 0.3) is 0 Å². The van der Waals surface area contributed by atoms with Gasteiger partial charge in [0.1, 0.15) is 0 Å². The molecule has 0 saturated heterocycles. The molecule has 1 heterocycles. The van der Waals surface area contributed by atoms with Gasteiger partial charge in [0, 0.05) is 3.57 Å². The van der Waals surface area contributed by atoms with E-state index in [-0.39, 0.29) is 0 Å². The molecule has 0 fully saturated rings. The highest BCUT2D eigenvalue weighted by molar-refractivity contribution is 14.1. The Morgan fingerprint density at radius 2 is 2.08 bits per heavy atom. The molecule has 13 heavy (non-hydrogen) atoms. The van der Waals surface area contributed by atoms with Gasteiger partial charge >= 0.3 is 0 Å². The minimum Gasteiger partial charge on any atom is -0.219 e. The summed E-state index contributed by atoms with van der Waals surface area (Å²) in [5, 5.41) is 7.95. The van der Waals surface area contributed by atoms with Crippen LogP contribution in [0.25, 0.3) is 5.69 Å². The second-order valence-corrected chi connectivity index (χ2v) is 3.92. The van der Waals surface area contributed by atoms with Crippen LogP contribution in [-0.4, -0.2) is 15.0 Å². The lowest BCUT2D eigenvalue weighted by atomic mass is 10.3. The van der Waals surface area contributed by atoms with Crippen LogP contribution in [0.4, 0.5) is 0 Å². The molecule has 1 aromatic carbocycles. The van der Waals surface area contributed by atoms with Crippen molar-refractivity contribution in [2.24, 2.45) is 0 Å². The molecule has 0 atom stereocenters. The minimum atomic E-state index is 0.930. The molecule has 0 saturated carbocycles. The SMILES string of the molecule is Cc1cn(-c2ccccc2I)nn1. The minimum absolute atomic E-state index is 0.930. The Labute approximate surface area is 89.9 Å². The normalized spacial score (nSPS) is 10.3. The van der Waals surface area contributed by atoms with Crippen LogP contribution in [0.15, 0.2) is 30.5 Å². The van der Waals surface area contributed by atoms with Crippen molar-refractivity contribution in [2.75, 3.05) is 0 Å². The molecule has 0 N–H and O–H groups in total. The maximum Gasteiger partial charge on any atom is 0.0800 e. The highest BCUT2D eigenvalue weighted by Gasteiger charge is 2.01. The molecular weight excluding hydrogens is 277 g/mol. The van der Waals surface area contributed by atoms with Gasteiger partial charge in [-0.3, -0.25) is 0 Å². The topological polar surface area (TPSA) is 30.7 Å². The van der Waals surface area contributed by atoms with Crippen LogP contribution >= 0.6 is 22.6 Å². The van der Waals surface area contributed by atoms with Gasteiger partial charge in [-0.05, 0) is 41.6 Å². The molecule has 0 amide bonds. The molecule has 2 aromatic rings. The molecule has 0 radical (unpaired) electrons. The first kappa shape index (κ1) is 8.68. The Balaban J connectivity index is 2.52. The summed E-state index contributed by atoms with van der Waals surface area (Å²) in [7, 11) is 0. The Morgan fingerprint density at radius 3 is 2.69 bits per heavy atom. The molecular formula is C9H8IN3. The number of aryl methyl sites for hydroxylation is 1. The van der Waals surface area contributed by atoms with Crippen LogP contribution in [0.2, 0.25) is 0 Å². The highest BCUT2D eigenvalue weighted by Crippen LogP contribution is 2.15. The van der Waals surface area contributed by atoms with E-state index in [1.54, 1.807) is 4.68 Å². The summed E-state index contributed by atoms with van der Waals surface area (Å²) in [6, 6.07) is 8.08.